The monoisotopic (exact) mass is 394 g/mol. The van der Waals surface area contributed by atoms with Crippen molar-refractivity contribution >= 4 is 29.3 Å². The number of likely N-dealkylation sites (tertiary alicyclic amines) is 1. The molecule has 0 spiro atoms. The van der Waals surface area contributed by atoms with Gasteiger partial charge in [0.05, 0.1) is 11.6 Å². The third-order valence-electron chi connectivity index (χ3n) is 4.88. The van der Waals surface area contributed by atoms with Crippen molar-refractivity contribution in [1.82, 2.24) is 4.90 Å². The normalized spacial score (nSPS) is 16.5. The maximum atomic E-state index is 12.9. The Morgan fingerprint density at radius 3 is 2.71 bits per heavy atom. The molecule has 2 aromatic carbocycles. The standard InChI is InChI=1S/C23H26N2O2S/c1-3-15-28-21-9-5-4-8-20(21)24-22(26)19-7-6-14-25(16-19)23(27)18-12-10-17(2)11-13-18/h3-5,8-13,19H,1,6-7,14-16H2,2H3,(H,24,26)/t19-/m1/s1. The molecule has 1 atom stereocenters. The number of thioether (sulfide) groups is 1. The highest BCUT2D eigenvalue weighted by Crippen LogP contribution is 2.28. The zero-order chi connectivity index (χ0) is 19.9. The number of nitrogens with one attached hydrogen (secondary N) is 1. The van der Waals surface area contributed by atoms with Crippen LogP contribution in [-0.2, 0) is 4.79 Å². The Morgan fingerprint density at radius 2 is 1.96 bits per heavy atom. The zero-order valence-electron chi connectivity index (χ0n) is 16.2. The first-order valence-electron chi connectivity index (χ1n) is 9.58. The lowest BCUT2D eigenvalue weighted by molar-refractivity contribution is -0.121. The molecule has 0 radical (unpaired) electrons. The van der Waals surface area contributed by atoms with E-state index < -0.39 is 0 Å². The van der Waals surface area contributed by atoms with Gasteiger partial charge in [-0.2, -0.15) is 0 Å². The number of para-hydroxylation sites is 1. The second-order valence-electron chi connectivity index (χ2n) is 7.04. The summed E-state index contributed by atoms with van der Waals surface area (Å²) >= 11 is 1.64. The van der Waals surface area contributed by atoms with Gasteiger partial charge < -0.3 is 10.2 Å². The number of carbonyl (C=O) groups excluding carboxylic acids is 2. The molecule has 1 N–H and O–H groups in total. The van der Waals surface area contributed by atoms with Gasteiger partial charge in [0.15, 0.2) is 0 Å². The molecule has 0 bridgehead atoms. The van der Waals surface area contributed by atoms with Crippen LogP contribution in [0.4, 0.5) is 5.69 Å². The van der Waals surface area contributed by atoms with Gasteiger partial charge >= 0.3 is 0 Å². The van der Waals surface area contributed by atoms with Gasteiger partial charge in [-0.05, 0) is 44.0 Å². The van der Waals surface area contributed by atoms with Crippen molar-refractivity contribution in [2.75, 3.05) is 24.2 Å². The second-order valence-corrected chi connectivity index (χ2v) is 8.10. The SMILES string of the molecule is C=CCSc1ccccc1NC(=O)[C@@H]1CCCN(C(=O)c2ccc(C)cc2)C1. The molecule has 146 valence electrons. The summed E-state index contributed by atoms with van der Waals surface area (Å²) in [6, 6.07) is 15.4. The maximum Gasteiger partial charge on any atom is 0.253 e. The summed E-state index contributed by atoms with van der Waals surface area (Å²) in [5.74, 6) is 0.572. The van der Waals surface area contributed by atoms with E-state index >= 15 is 0 Å². The summed E-state index contributed by atoms with van der Waals surface area (Å²) in [5, 5.41) is 3.06. The fraction of sp³-hybridized carbons (Fsp3) is 0.304. The molecule has 1 fully saturated rings. The Balaban J connectivity index is 1.65. The van der Waals surface area contributed by atoms with Gasteiger partial charge in [-0.3, -0.25) is 9.59 Å². The molecule has 2 amide bonds. The van der Waals surface area contributed by atoms with Crippen molar-refractivity contribution in [3.05, 3.63) is 72.3 Å². The number of amides is 2. The van der Waals surface area contributed by atoms with E-state index in [2.05, 4.69) is 11.9 Å². The first-order chi connectivity index (χ1) is 13.6. The van der Waals surface area contributed by atoms with E-state index in [1.165, 1.54) is 0 Å². The number of hydrogen-bond donors (Lipinski definition) is 1. The van der Waals surface area contributed by atoms with Gasteiger partial charge in [-0.1, -0.05) is 35.9 Å². The van der Waals surface area contributed by atoms with E-state index in [4.69, 9.17) is 0 Å². The highest BCUT2D eigenvalue weighted by Gasteiger charge is 2.29. The number of rotatable bonds is 6. The Kier molecular flexibility index (Phi) is 6.93. The van der Waals surface area contributed by atoms with Crippen LogP contribution in [0, 0.1) is 12.8 Å². The third-order valence-corrected chi connectivity index (χ3v) is 5.95. The molecule has 1 aliphatic heterocycles. The minimum Gasteiger partial charge on any atom is -0.338 e. The van der Waals surface area contributed by atoms with Crippen molar-refractivity contribution < 1.29 is 9.59 Å². The van der Waals surface area contributed by atoms with Crippen LogP contribution in [0.2, 0.25) is 0 Å². The fourth-order valence-electron chi connectivity index (χ4n) is 3.33. The molecule has 2 aromatic rings. The highest BCUT2D eigenvalue weighted by molar-refractivity contribution is 7.99. The molecule has 28 heavy (non-hydrogen) atoms. The van der Waals surface area contributed by atoms with Crippen molar-refractivity contribution in [3.8, 4) is 0 Å². The third kappa shape index (κ3) is 5.04. The molecule has 0 aliphatic carbocycles. The molecule has 1 heterocycles. The van der Waals surface area contributed by atoms with Crippen molar-refractivity contribution in [2.45, 2.75) is 24.7 Å². The van der Waals surface area contributed by atoms with Crippen molar-refractivity contribution in [2.24, 2.45) is 5.92 Å². The van der Waals surface area contributed by atoms with Crippen LogP contribution < -0.4 is 5.32 Å². The van der Waals surface area contributed by atoms with Crippen LogP contribution in [0.1, 0.15) is 28.8 Å². The fourth-order valence-corrected chi connectivity index (χ4v) is 4.08. The smallest absolute Gasteiger partial charge is 0.253 e. The van der Waals surface area contributed by atoms with Crippen molar-refractivity contribution in [1.29, 1.82) is 0 Å². The molecule has 0 unspecified atom stereocenters. The van der Waals surface area contributed by atoms with E-state index in [9.17, 15) is 9.59 Å². The number of hydrogen-bond acceptors (Lipinski definition) is 3. The Morgan fingerprint density at radius 1 is 1.21 bits per heavy atom. The Labute approximate surface area is 171 Å². The largest absolute Gasteiger partial charge is 0.338 e. The summed E-state index contributed by atoms with van der Waals surface area (Å²) in [5.41, 5.74) is 2.62. The summed E-state index contributed by atoms with van der Waals surface area (Å²) in [4.78, 5) is 28.5. The second kappa shape index (κ2) is 9.60. The van der Waals surface area contributed by atoms with Gasteiger partial charge in [0.1, 0.15) is 0 Å². The zero-order valence-corrected chi connectivity index (χ0v) is 17.0. The number of benzene rings is 2. The summed E-state index contributed by atoms with van der Waals surface area (Å²) in [6.45, 7) is 6.90. The Bertz CT molecular complexity index is 848. The number of carbonyl (C=O) groups is 2. The van der Waals surface area contributed by atoms with Gasteiger partial charge in [0, 0.05) is 29.3 Å². The Hall–Kier alpha value is -2.53. The first-order valence-corrected chi connectivity index (χ1v) is 10.6. The predicted molar refractivity (Wildman–Crippen MR) is 116 cm³/mol. The molecule has 1 aliphatic rings. The van der Waals surface area contributed by atoms with Crippen LogP contribution in [0.15, 0.2) is 66.1 Å². The first kappa shape index (κ1) is 20.2. The van der Waals surface area contributed by atoms with Crippen LogP contribution in [-0.4, -0.2) is 35.6 Å². The van der Waals surface area contributed by atoms with E-state index in [-0.39, 0.29) is 17.7 Å². The molecule has 3 rings (SSSR count). The quantitative estimate of drug-likeness (QED) is 0.567. The van der Waals surface area contributed by atoms with E-state index in [1.807, 2.05) is 61.5 Å². The lowest BCUT2D eigenvalue weighted by Gasteiger charge is -2.32. The molecule has 4 nitrogen and oxygen atoms in total. The van der Waals surface area contributed by atoms with Crippen LogP contribution in [0.25, 0.3) is 0 Å². The maximum absolute atomic E-state index is 12.9. The van der Waals surface area contributed by atoms with Crippen molar-refractivity contribution in [3.63, 3.8) is 0 Å². The average Bonchev–Trinajstić information content (AvgIpc) is 2.73. The van der Waals surface area contributed by atoms with Gasteiger partial charge in [-0.25, -0.2) is 0 Å². The predicted octanol–water partition coefficient (Wildman–Crippen LogP) is 4.76. The highest BCUT2D eigenvalue weighted by atomic mass is 32.2. The molecule has 1 saturated heterocycles. The molecular formula is C23H26N2O2S. The number of anilines is 1. The number of piperidine rings is 1. The average molecular weight is 395 g/mol. The van der Waals surface area contributed by atoms with Gasteiger partial charge in [0.2, 0.25) is 5.91 Å². The molecule has 5 heteroatoms. The number of aryl methyl sites for hydroxylation is 1. The van der Waals surface area contributed by atoms with Crippen LogP contribution in [0.3, 0.4) is 0 Å². The summed E-state index contributed by atoms with van der Waals surface area (Å²) < 4.78 is 0. The molecular weight excluding hydrogens is 368 g/mol. The van der Waals surface area contributed by atoms with Crippen LogP contribution >= 0.6 is 11.8 Å². The van der Waals surface area contributed by atoms with E-state index in [1.54, 1.807) is 16.7 Å². The van der Waals surface area contributed by atoms with E-state index in [0.29, 0.717) is 18.7 Å². The topological polar surface area (TPSA) is 49.4 Å². The molecule has 0 aromatic heterocycles. The summed E-state index contributed by atoms with van der Waals surface area (Å²) in [6.07, 6.45) is 3.48. The van der Waals surface area contributed by atoms with E-state index in [0.717, 1.165) is 34.7 Å². The van der Waals surface area contributed by atoms with Gasteiger partial charge in [-0.15, -0.1) is 18.3 Å². The van der Waals surface area contributed by atoms with Crippen LogP contribution in [0.5, 0.6) is 0 Å². The number of nitrogens with zero attached hydrogens (tertiary/aromatic N) is 1. The minimum absolute atomic E-state index is 0.000520. The summed E-state index contributed by atoms with van der Waals surface area (Å²) in [7, 11) is 0. The lowest BCUT2D eigenvalue weighted by atomic mass is 9.96. The lowest BCUT2D eigenvalue weighted by Crippen LogP contribution is -2.43. The van der Waals surface area contributed by atoms with Gasteiger partial charge in [0.25, 0.3) is 5.91 Å². The minimum atomic E-state index is -0.194. The molecule has 0 saturated carbocycles.